The minimum absolute atomic E-state index is 0.111. The molecule has 0 unspecified atom stereocenters. The average Bonchev–Trinajstić information content (AvgIpc) is 3.00. The minimum atomic E-state index is -1.17. The number of hydrogen-bond donors (Lipinski definition) is 6. The number of aromatic hydroxyl groups is 2. The predicted molar refractivity (Wildman–Crippen MR) is 176 cm³/mol. The normalized spacial score (nSPS) is 13.1. The van der Waals surface area contributed by atoms with Crippen LogP contribution in [0.3, 0.4) is 0 Å². The SMILES string of the molecule is CC(C)[C@@H](/C=C/C(=O)O)NC(=O)c1cc2ccccc2c(-c2c(O)c(C(=O)N[C@H](/C=C/C(=O)O)C(C)C)cc3ccccc23)c1O. The molecule has 4 aromatic rings. The Hall–Kier alpha value is -5.64. The number of aliphatic carboxylic acids is 2. The molecule has 0 bridgehead atoms. The summed E-state index contributed by atoms with van der Waals surface area (Å²) in [6.45, 7) is 7.24. The summed E-state index contributed by atoms with van der Waals surface area (Å²) in [7, 11) is 0. The van der Waals surface area contributed by atoms with E-state index in [1.165, 1.54) is 24.3 Å². The first kappa shape index (κ1) is 33.3. The molecule has 0 spiro atoms. The van der Waals surface area contributed by atoms with Gasteiger partial charge in [0, 0.05) is 23.3 Å². The third-order valence-electron chi connectivity index (χ3n) is 7.71. The number of amides is 2. The van der Waals surface area contributed by atoms with Gasteiger partial charge in [0.1, 0.15) is 11.5 Å². The molecule has 238 valence electrons. The summed E-state index contributed by atoms with van der Waals surface area (Å²) in [5.74, 6) is -4.90. The van der Waals surface area contributed by atoms with Crippen molar-refractivity contribution in [2.75, 3.05) is 0 Å². The van der Waals surface area contributed by atoms with Crippen molar-refractivity contribution in [3.63, 3.8) is 0 Å². The van der Waals surface area contributed by atoms with E-state index in [0.29, 0.717) is 21.5 Å². The summed E-state index contributed by atoms with van der Waals surface area (Å²) in [6, 6.07) is 15.7. The molecule has 2 atom stereocenters. The molecule has 0 heterocycles. The number of carboxylic acids is 2. The standard InChI is InChI=1S/C36H36N2O8/c1-19(2)27(13-15-29(39)40)37-35(45)25-17-21-9-5-7-11-23(21)31(33(25)43)32-24-12-8-6-10-22(24)18-26(34(32)44)36(46)38-28(20(3)4)14-16-30(41)42/h5-20,27-28,43-44H,1-4H3,(H,37,45)(H,38,46)(H,39,40)(H,41,42)/b15-13+,16-14+/t27-,28-/m1/s1. The van der Waals surface area contributed by atoms with Crippen LogP contribution in [0.5, 0.6) is 11.5 Å². The molecule has 6 N–H and O–H groups in total. The van der Waals surface area contributed by atoms with E-state index in [9.17, 15) is 29.4 Å². The molecular weight excluding hydrogens is 588 g/mol. The number of benzene rings is 4. The van der Waals surface area contributed by atoms with Gasteiger partial charge in [-0.2, -0.15) is 0 Å². The molecule has 0 aromatic heterocycles. The van der Waals surface area contributed by atoms with Gasteiger partial charge in [-0.25, -0.2) is 9.59 Å². The summed E-state index contributed by atoms with van der Waals surface area (Å²) in [5.41, 5.74) is 0.0279. The average molecular weight is 625 g/mol. The highest BCUT2D eigenvalue weighted by atomic mass is 16.4. The van der Waals surface area contributed by atoms with Crippen LogP contribution in [0.25, 0.3) is 32.7 Å². The van der Waals surface area contributed by atoms with Crippen LogP contribution >= 0.6 is 0 Å². The Kier molecular flexibility index (Phi) is 10.1. The first-order valence-electron chi connectivity index (χ1n) is 14.7. The van der Waals surface area contributed by atoms with Crippen LogP contribution in [-0.4, -0.2) is 56.3 Å². The van der Waals surface area contributed by atoms with Crippen LogP contribution < -0.4 is 10.6 Å². The molecule has 4 rings (SSSR count). The molecular formula is C36H36N2O8. The lowest BCUT2D eigenvalue weighted by atomic mass is 9.88. The molecule has 10 nitrogen and oxygen atoms in total. The smallest absolute Gasteiger partial charge is 0.328 e. The maximum atomic E-state index is 13.6. The van der Waals surface area contributed by atoms with E-state index in [0.717, 1.165) is 12.2 Å². The van der Waals surface area contributed by atoms with Crippen molar-refractivity contribution in [3.05, 3.63) is 96.1 Å². The van der Waals surface area contributed by atoms with Crippen LogP contribution in [0, 0.1) is 11.8 Å². The second-order valence-electron chi connectivity index (χ2n) is 11.6. The summed E-state index contributed by atoms with van der Waals surface area (Å²) in [6.07, 6.45) is 4.61. The van der Waals surface area contributed by atoms with Gasteiger partial charge < -0.3 is 31.1 Å². The third kappa shape index (κ3) is 7.18. The Bertz CT molecular complexity index is 1750. The van der Waals surface area contributed by atoms with Gasteiger partial charge in [-0.05, 0) is 45.5 Å². The van der Waals surface area contributed by atoms with Gasteiger partial charge in [0.15, 0.2) is 0 Å². The van der Waals surface area contributed by atoms with Gasteiger partial charge in [0.05, 0.1) is 23.2 Å². The Morgan fingerprint density at radius 1 is 0.609 bits per heavy atom. The number of fused-ring (bicyclic) bond motifs is 2. The zero-order chi connectivity index (χ0) is 33.7. The van der Waals surface area contributed by atoms with Crippen LogP contribution in [0.15, 0.2) is 85.0 Å². The molecule has 2 amide bonds. The highest BCUT2D eigenvalue weighted by molar-refractivity contribution is 6.16. The fraction of sp³-hybridized carbons (Fsp3) is 0.222. The molecule has 4 aromatic carbocycles. The number of rotatable bonds is 11. The fourth-order valence-electron chi connectivity index (χ4n) is 5.23. The van der Waals surface area contributed by atoms with Crippen molar-refractivity contribution >= 4 is 45.3 Å². The molecule has 0 fully saturated rings. The van der Waals surface area contributed by atoms with Crippen LogP contribution in [0.2, 0.25) is 0 Å². The van der Waals surface area contributed by atoms with E-state index in [4.69, 9.17) is 10.2 Å². The van der Waals surface area contributed by atoms with Crippen molar-refractivity contribution in [3.8, 4) is 22.6 Å². The van der Waals surface area contributed by atoms with Crippen LogP contribution in [0.1, 0.15) is 48.4 Å². The van der Waals surface area contributed by atoms with E-state index in [1.807, 2.05) is 27.7 Å². The van der Waals surface area contributed by atoms with E-state index < -0.39 is 47.3 Å². The summed E-state index contributed by atoms with van der Waals surface area (Å²) >= 11 is 0. The van der Waals surface area contributed by atoms with Gasteiger partial charge in [-0.1, -0.05) is 88.4 Å². The van der Waals surface area contributed by atoms with Gasteiger partial charge >= 0.3 is 11.9 Å². The van der Waals surface area contributed by atoms with Gasteiger partial charge in [-0.15, -0.1) is 0 Å². The zero-order valence-corrected chi connectivity index (χ0v) is 25.8. The highest BCUT2D eigenvalue weighted by Crippen LogP contribution is 2.47. The summed E-state index contributed by atoms with van der Waals surface area (Å²) < 4.78 is 0. The highest BCUT2D eigenvalue weighted by Gasteiger charge is 2.27. The minimum Gasteiger partial charge on any atom is -0.506 e. The molecule has 0 aliphatic heterocycles. The Morgan fingerprint density at radius 2 is 0.957 bits per heavy atom. The fourth-order valence-corrected chi connectivity index (χ4v) is 5.23. The maximum Gasteiger partial charge on any atom is 0.328 e. The number of hydrogen-bond acceptors (Lipinski definition) is 6. The van der Waals surface area contributed by atoms with Crippen molar-refractivity contribution in [2.45, 2.75) is 39.8 Å². The first-order chi connectivity index (χ1) is 21.8. The van der Waals surface area contributed by atoms with Gasteiger partial charge in [-0.3, -0.25) is 9.59 Å². The molecule has 0 saturated heterocycles. The van der Waals surface area contributed by atoms with E-state index in [-0.39, 0.29) is 34.1 Å². The number of carbonyl (C=O) groups is 4. The van der Waals surface area contributed by atoms with Crippen molar-refractivity contribution in [1.82, 2.24) is 10.6 Å². The summed E-state index contributed by atoms with van der Waals surface area (Å²) in [4.78, 5) is 49.6. The lowest BCUT2D eigenvalue weighted by Gasteiger charge is -2.22. The molecule has 10 heteroatoms. The van der Waals surface area contributed by atoms with Crippen molar-refractivity contribution in [2.24, 2.45) is 11.8 Å². The Labute approximate surface area is 265 Å². The summed E-state index contributed by atoms with van der Waals surface area (Å²) in [5, 5.41) is 49.5. The first-order valence-corrected chi connectivity index (χ1v) is 14.7. The van der Waals surface area contributed by atoms with E-state index in [2.05, 4.69) is 10.6 Å². The van der Waals surface area contributed by atoms with E-state index >= 15 is 0 Å². The van der Waals surface area contributed by atoms with Gasteiger partial charge in [0.25, 0.3) is 11.8 Å². The number of nitrogens with one attached hydrogen (secondary N) is 2. The second kappa shape index (κ2) is 14.0. The number of phenols is 2. The van der Waals surface area contributed by atoms with E-state index in [1.54, 1.807) is 48.5 Å². The lowest BCUT2D eigenvalue weighted by Crippen LogP contribution is -2.37. The Balaban J connectivity index is 1.95. The molecule has 46 heavy (non-hydrogen) atoms. The second-order valence-corrected chi connectivity index (χ2v) is 11.6. The molecule has 0 radical (unpaired) electrons. The van der Waals surface area contributed by atoms with Crippen molar-refractivity contribution < 1.29 is 39.6 Å². The van der Waals surface area contributed by atoms with Crippen LogP contribution in [-0.2, 0) is 9.59 Å². The molecule has 0 aliphatic rings. The van der Waals surface area contributed by atoms with Crippen LogP contribution in [0.4, 0.5) is 0 Å². The monoisotopic (exact) mass is 624 g/mol. The molecule has 0 saturated carbocycles. The van der Waals surface area contributed by atoms with Gasteiger partial charge in [0.2, 0.25) is 0 Å². The number of carbonyl (C=O) groups excluding carboxylic acids is 2. The quantitative estimate of drug-likeness (QED) is 0.113. The third-order valence-corrected chi connectivity index (χ3v) is 7.71. The maximum absolute atomic E-state index is 13.6. The predicted octanol–water partition coefficient (Wildman–Crippen LogP) is 5.86. The lowest BCUT2D eigenvalue weighted by molar-refractivity contribution is -0.132. The topological polar surface area (TPSA) is 173 Å². The molecule has 0 aliphatic carbocycles. The van der Waals surface area contributed by atoms with Crippen molar-refractivity contribution in [1.29, 1.82) is 0 Å². The zero-order valence-electron chi connectivity index (χ0n) is 25.8. The number of phenolic OH excluding ortho intramolecular Hbond substituents is 2. The largest absolute Gasteiger partial charge is 0.506 e. The Morgan fingerprint density at radius 3 is 1.28 bits per heavy atom. The number of carboxylic acid groups (broad SMARTS) is 2.